The summed E-state index contributed by atoms with van der Waals surface area (Å²) in [5, 5.41) is 22.1. The minimum absolute atomic E-state index is 0.0730. The summed E-state index contributed by atoms with van der Waals surface area (Å²) >= 11 is 0. The molecule has 0 aromatic heterocycles. The van der Waals surface area contributed by atoms with Crippen molar-refractivity contribution in [2.75, 3.05) is 78.5 Å². The van der Waals surface area contributed by atoms with Gasteiger partial charge in [0.15, 0.2) is 0 Å². The fourth-order valence-electron chi connectivity index (χ4n) is 13.8. The molecule has 4 aromatic rings. The average Bonchev–Trinajstić information content (AvgIpc) is 4.35. The number of likely N-dealkylation sites (tertiary alicyclic amines) is 2. The second-order valence-corrected chi connectivity index (χ2v) is 23.8. The fraction of sp³-hybridized carbons (Fsp3) is 0.548. The zero-order valence-corrected chi connectivity index (χ0v) is 44.0. The maximum Gasteiger partial charge on any atom is 0.254 e. The van der Waals surface area contributed by atoms with E-state index in [1.807, 2.05) is 19.6 Å². The van der Waals surface area contributed by atoms with Gasteiger partial charge in [0.05, 0.1) is 12.2 Å². The quantitative estimate of drug-likeness (QED) is 0.159. The summed E-state index contributed by atoms with van der Waals surface area (Å²) in [4.78, 5) is 63.0. The number of carbonyl (C=O) groups excluding carboxylic acids is 4. The summed E-state index contributed by atoms with van der Waals surface area (Å²) in [6.45, 7) is 13.7. The predicted octanol–water partition coefficient (Wildman–Crippen LogP) is 6.79. The molecule has 4 fully saturated rings. The lowest BCUT2D eigenvalue weighted by molar-refractivity contribution is -0.131. The minimum atomic E-state index is -0.554. The van der Waals surface area contributed by atoms with Crippen LogP contribution in [0.15, 0.2) is 84.9 Å². The highest BCUT2D eigenvalue weighted by Crippen LogP contribution is 2.54. The van der Waals surface area contributed by atoms with Crippen molar-refractivity contribution in [2.24, 2.45) is 11.8 Å². The molecular formula is C62H78N6O6. The van der Waals surface area contributed by atoms with Crippen LogP contribution in [0.1, 0.15) is 130 Å². The molecule has 12 nitrogen and oxygen atoms in total. The Morgan fingerprint density at radius 1 is 0.527 bits per heavy atom. The number of hydrogen-bond acceptors (Lipinski definition) is 8. The topological polar surface area (TPSA) is 128 Å². The van der Waals surface area contributed by atoms with Crippen molar-refractivity contribution in [2.45, 2.75) is 127 Å². The molecule has 8 aliphatic rings. The molecule has 2 N–H and O–H groups in total. The molecule has 6 heterocycles. The smallest absolute Gasteiger partial charge is 0.254 e. The van der Waals surface area contributed by atoms with Gasteiger partial charge in [-0.2, -0.15) is 0 Å². The van der Waals surface area contributed by atoms with E-state index < -0.39 is 12.2 Å². The van der Waals surface area contributed by atoms with E-state index in [-0.39, 0.29) is 34.5 Å². The Morgan fingerprint density at radius 2 is 0.905 bits per heavy atom. The highest BCUT2D eigenvalue weighted by Gasteiger charge is 2.53. The molecular weight excluding hydrogens is 925 g/mol. The summed E-state index contributed by atoms with van der Waals surface area (Å²) in [7, 11) is 0. The highest BCUT2D eigenvalue weighted by atomic mass is 16.3. The number of nitrogens with zero attached hydrogens (tertiary/aromatic N) is 6. The third kappa shape index (κ3) is 11.1. The number of aliphatic hydroxyl groups is 2. The molecule has 12 rings (SSSR count). The van der Waals surface area contributed by atoms with Gasteiger partial charge in [0, 0.05) is 127 Å². The number of hydrogen-bond donors (Lipinski definition) is 2. The molecule has 2 aliphatic carbocycles. The van der Waals surface area contributed by atoms with Gasteiger partial charge >= 0.3 is 0 Å². The number of fused-ring (bicyclic) bond motifs is 6. The van der Waals surface area contributed by atoms with Crippen LogP contribution in [-0.2, 0) is 59.2 Å². The van der Waals surface area contributed by atoms with Crippen molar-refractivity contribution in [3.8, 4) is 0 Å². The molecule has 2 spiro atoms. The lowest BCUT2D eigenvalue weighted by Gasteiger charge is -2.37. The fourth-order valence-corrected chi connectivity index (χ4v) is 13.8. The molecule has 12 heteroatoms. The molecule has 6 aliphatic heterocycles. The average molecular weight is 1000 g/mol. The first kappa shape index (κ1) is 50.7. The van der Waals surface area contributed by atoms with Crippen molar-refractivity contribution in [1.29, 1.82) is 0 Å². The number of amides is 4. The SMILES string of the molecule is CC(=O)N1CCC(Cc2ccc3c(c2)C(=O)N(C[C@@H](O)CN2CCc4ccccc4C2)CC32CC2)CC1.CC(=O)N1CCC(Cc2ccc3c(c2)C(=O)N(C[C@H](O)CN2CCc4ccccc4C2)CC32CC2)CC1. The second kappa shape index (κ2) is 21.3. The van der Waals surface area contributed by atoms with Gasteiger partial charge in [-0.1, -0.05) is 72.8 Å². The van der Waals surface area contributed by atoms with Crippen LogP contribution >= 0.6 is 0 Å². The first-order valence-electron chi connectivity index (χ1n) is 28.1. The van der Waals surface area contributed by atoms with Crippen LogP contribution in [0.2, 0.25) is 0 Å². The van der Waals surface area contributed by atoms with Crippen molar-refractivity contribution < 1.29 is 29.4 Å². The molecule has 0 unspecified atom stereocenters. The highest BCUT2D eigenvalue weighted by molar-refractivity contribution is 5.99. The summed E-state index contributed by atoms with van der Waals surface area (Å²) < 4.78 is 0. The normalized spacial score (nSPS) is 22.1. The van der Waals surface area contributed by atoms with Gasteiger partial charge in [0.2, 0.25) is 11.8 Å². The lowest BCUT2D eigenvalue weighted by Crippen LogP contribution is -2.49. The lowest BCUT2D eigenvalue weighted by atomic mass is 9.83. The summed E-state index contributed by atoms with van der Waals surface area (Å²) in [5.41, 5.74) is 12.2. The molecule has 392 valence electrons. The van der Waals surface area contributed by atoms with Crippen LogP contribution in [0.4, 0.5) is 0 Å². The van der Waals surface area contributed by atoms with E-state index in [0.29, 0.717) is 38.0 Å². The zero-order chi connectivity index (χ0) is 51.1. The number of piperidine rings is 2. The van der Waals surface area contributed by atoms with Gasteiger partial charge in [0.1, 0.15) is 0 Å². The maximum absolute atomic E-state index is 13.6. The van der Waals surface area contributed by atoms with E-state index in [0.717, 1.165) is 154 Å². The number of carbonyl (C=O) groups is 4. The van der Waals surface area contributed by atoms with Gasteiger partial charge in [-0.15, -0.1) is 0 Å². The number of β-amino-alcohol motifs (C(OH)–C–C–N with tert-alkyl or cyclic N) is 2. The summed E-state index contributed by atoms with van der Waals surface area (Å²) in [5.74, 6) is 1.58. The first-order valence-corrected chi connectivity index (χ1v) is 28.1. The molecule has 2 atom stereocenters. The Balaban J connectivity index is 0.000000159. The number of rotatable bonds is 12. The maximum atomic E-state index is 13.6. The van der Waals surface area contributed by atoms with E-state index >= 15 is 0 Å². The van der Waals surface area contributed by atoms with Gasteiger partial charge in [0.25, 0.3) is 11.8 Å². The molecule has 2 saturated heterocycles. The molecule has 2 saturated carbocycles. The van der Waals surface area contributed by atoms with Crippen LogP contribution < -0.4 is 0 Å². The minimum Gasteiger partial charge on any atom is -0.390 e. The van der Waals surface area contributed by atoms with Crippen LogP contribution in [-0.4, -0.2) is 154 Å². The second-order valence-electron chi connectivity index (χ2n) is 23.8. The van der Waals surface area contributed by atoms with Crippen LogP contribution in [0.3, 0.4) is 0 Å². The van der Waals surface area contributed by atoms with Crippen LogP contribution in [0.5, 0.6) is 0 Å². The number of aliphatic hydroxyl groups excluding tert-OH is 2. The van der Waals surface area contributed by atoms with Gasteiger partial charge in [-0.3, -0.25) is 29.0 Å². The summed E-state index contributed by atoms with van der Waals surface area (Å²) in [6, 6.07) is 30.3. The van der Waals surface area contributed by atoms with E-state index in [1.54, 1.807) is 13.8 Å². The monoisotopic (exact) mass is 1000 g/mol. The Morgan fingerprint density at radius 3 is 1.27 bits per heavy atom. The van der Waals surface area contributed by atoms with E-state index in [1.165, 1.54) is 44.5 Å². The first-order chi connectivity index (χ1) is 35.8. The van der Waals surface area contributed by atoms with Gasteiger partial charge in [-0.05, 0) is 146 Å². The van der Waals surface area contributed by atoms with E-state index in [9.17, 15) is 29.4 Å². The largest absolute Gasteiger partial charge is 0.390 e. The molecule has 0 radical (unpaired) electrons. The number of benzene rings is 4. The van der Waals surface area contributed by atoms with E-state index in [2.05, 4.69) is 94.7 Å². The zero-order valence-electron chi connectivity index (χ0n) is 44.0. The van der Waals surface area contributed by atoms with Crippen LogP contribution in [0.25, 0.3) is 0 Å². The predicted molar refractivity (Wildman–Crippen MR) is 287 cm³/mol. The Labute approximate surface area is 438 Å². The third-order valence-electron chi connectivity index (χ3n) is 18.4. The summed E-state index contributed by atoms with van der Waals surface area (Å²) in [6.07, 6.45) is 11.4. The van der Waals surface area contributed by atoms with Crippen molar-refractivity contribution >= 4 is 23.6 Å². The Bertz CT molecular complexity index is 2550. The van der Waals surface area contributed by atoms with Crippen molar-refractivity contribution in [3.05, 3.63) is 141 Å². The molecule has 4 aromatic carbocycles. The Hall–Kier alpha value is -5.40. The Kier molecular flexibility index (Phi) is 14.6. The van der Waals surface area contributed by atoms with Crippen molar-refractivity contribution in [1.82, 2.24) is 29.4 Å². The standard InChI is InChI=1S/2C31H39N3O3/c2*1-22(35)33-14-8-23(9-15-33)16-24-6-7-29-28(17-24)30(37)34(21-31(29)11-12-31)20-27(36)19-32-13-10-25-4-2-3-5-26(25)18-32/h2*2-7,17,23,27,36H,8-16,18-21H2,1H3/t2*27-/m10/s1. The van der Waals surface area contributed by atoms with Gasteiger partial charge in [-0.25, -0.2) is 0 Å². The van der Waals surface area contributed by atoms with Crippen LogP contribution in [0, 0.1) is 11.8 Å². The van der Waals surface area contributed by atoms with Crippen molar-refractivity contribution in [3.63, 3.8) is 0 Å². The van der Waals surface area contributed by atoms with Gasteiger partial charge < -0.3 is 29.8 Å². The molecule has 0 bridgehead atoms. The molecule has 74 heavy (non-hydrogen) atoms. The van der Waals surface area contributed by atoms with E-state index in [4.69, 9.17) is 0 Å². The molecule has 4 amide bonds. The third-order valence-corrected chi connectivity index (χ3v) is 18.4.